The Labute approximate surface area is 159 Å². The van der Waals surface area contributed by atoms with Crippen molar-refractivity contribution in [1.82, 2.24) is 9.97 Å². The number of benzene rings is 2. The Balaban J connectivity index is 1.75. The number of amides is 1. The Bertz CT molecular complexity index is 1000. The number of nitrogens with one attached hydrogen (secondary N) is 2. The molecular weight excluding hydrogens is 369 g/mol. The van der Waals surface area contributed by atoms with Crippen LogP contribution in [-0.2, 0) is 6.18 Å². The van der Waals surface area contributed by atoms with Crippen LogP contribution in [0.4, 0.5) is 30.5 Å². The number of alkyl halides is 3. The minimum Gasteiger partial charge on any atom is -0.324 e. The number of hydrogen-bond donors (Lipinski definition) is 2. The highest BCUT2D eigenvalue weighted by Crippen LogP contribution is 2.30. The third kappa shape index (κ3) is 4.46. The normalized spacial score (nSPS) is 11.2. The van der Waals surface area contributed by atoms with Crippen LogP contribution in [0.25, 0.3) is 0 Å². The Morgan fingerprint density at radius 3 is 2.39 bits per heavy atom. The Morgan fingerprint density at radius 1 is 1.00 bits per heavy atom. The highest BCUT2D eigenvalue weighted by atomic mass is 19.4. The summed E-state index contributed by atoms with van der Waals surface area (Å²) in [7, 11) is 0. The van der Waals surface area contributed by atoms with Crippen molar-refractivity contribution in [2.45, 2.75) is 20.0 Å². The third-order valence-corrected chi connectivity index (χ3v) is 4.21. The van der Waals surface area contributed by atoms with Gasteiger partial charge in [0.25, 0.3) is 5.91 Å². The van der Waals surface area contributed by atoms with Gasteiger partial charge in [-0.15, -0.1) is 0 Å². The van der Waals surface area contributed by atoms with Crippen molar-refractivity contribution in [3.63, 3.8) is 0 Å². The Morgan fingerprint density at radius 2 is 1.71 bits per heavy atom. The largest absolute Gasteiger partial charge is 0.416 e. The summed E-state index contributed by atoms with van der Waals surface area (Å²) in [4.78, 5) is 20.6. The zero-order valence-electron chi connectivity index (χ0n) is 15.1. The fraction of sp³-hybridized carbons (Fsp3) is 0.150. The maximum Gasteiger partial charge on any atom is 0.416 e. The van der Waals surface area contributed by atoms with Crippen LogP contribution in [-0.4, -0.2) is 15.9 Å². The van der Waals surface area contributed by atoms with E-state index < -0.39 is 17.6 Å². The minimum absolute atomic E-state index is 0.105. The molecule has 1 aromatic heterocycles. The molecule has 3 rings (SSSR count). The van der Waals surface area contributed by atoms with Gasteiger partial charge < -0.3 is 10.6 Å². The van der Waals surface area contributed by atoms with E-state index in [0.717, 1.165) is 23.3 Å². The molecule has 8 heteroatoms. The van der Waals surface area contributed by atoms with Crippen molar-refractivity contribution in [2.24, 2.45) is 0 Å². The van der Waals surface area contributed by atoms with E-state index in [2.05, 4.69) is 20.6 Å². The van der Waals surface area contributed by atoms with Crippen molar-refractivity contribution in [3.8, 4) is 0 Å². The number of carbonyl (C=O) groups excluding carboxylic acids is 1. The molecule has 5 nitrogen and oxygen atoms in total. The van der Waals surface area contributed by atoms with E-state index in [9.17, 15) is 18.0 Å². The first kappa shape index (κ1) is 19.3. The summed E-state index contributed by atoms with van der Waals surface area (Å²) < 4.78 is 37.9. The van der Waals surface area contributed by atoms with Crippen LogP contribution in [0.5, 0.6) is 0 Å². The van der Waals surface area contributed by atoms with E-state index in [1.807, 2.05) is 26.0 Å². The van der Waals surface area contributed by atoms with Gasteiger partial charge in [-0.05, 0) is 61.4 Å². The summed E-state index contributed by atoms with van der Waals surface area (Å²) >= 11 is 0. The molecule has 0 unspecified atom stereocenters. The monoisotopic (exact) mass is 386 g/mol. The molecular formula is C20H17F3N4O. The third-order valence-electron chi connectivity index (χ3n) is 4.21. The molecule has 0 bridgehead atoms. The maximum atomic E-state index is 12.6. The average molecular weight is 386 g/mol. The zero-order chi connectivity index (χ0) is 20.3. The van der Waals surface area contributed by atoms with Gasteiger partial charge >= 0.3 is 6.18 Å². The number of rotatable bonds is 4. The number of hydrogen-bond acceptors (Lipinski definition) is 4. The molecule has 1 amide bonds. The molecule has 0 aliphatic rings. The molecule has 0 aliphatic carbocycles. The van der Waals surface area contributed by atoms with Crippen LogP contribution in [0.3, 0.4) is 0 Å². The molecule has 0 atom stereocenters. The quantitative estimate of drug-likeness (QED) is 0.654. The van der Waals surface area contributed by atoms with Gasteiger partial charge in [-0.2, -0.15) is 13.2 Å². The molecule has 0 saturated heterocycles. The molecule has 0 spiro atoms. The molecule has 3 aromatic rings. The summed E-state index contributed by atoms with van der Waals surface area (Å²) in [6.07, 6.45) is -3.00. The van der Waals surface area contributed by atoms with Gasteiger partial charge in [-0.25, -0.2) is 9.97 Å². The van der Waals surface area contributed by atoms with E-state index in [1.165, 1.54) is 24.4 Å². The number of anilines is 3. The Kier molecular flexibility index (Phi) is 5.30. The van der Waals surface area contributed by atoms with Crippen molar-refractivity contribution in [1.29, 1.82) is 0 Å². The van der Waals surface area contributed by atoms with Crippen LogP contribution in [0.2, 0.25) is 0 Å². The maximum absolute atomic E-state index is 12.6. The van der Waals surface area contributed by atoms with Crippen LogP contribution in [0.15, 0.2) is 54.7 Å². The van der Waals surface area contributed by atoms with E-state index in [0.29, 0.717) is 11.4 Å². The van der Waals surface area contributed by atoms with Crippen LogP contribution in [0.1, 0.15) is 27.2 Å². The first-order valence-corrected chi connectivity index (χ1v) is 8.39. The van der Waals surface area contributed by atoms with Crippen LogP contribution >= 0.6 is 0 Å². The summed E-state index contributed by atoms with van der Waals surface area (Å²) in [6.45, 7) is 3.85. The summed E-state index contributed by atoms with van der Waals surface area (Å²) in [5.74, 6) is -0.306. The molecule has 0 radical (unpaired) electrons. The van der Waals surface area contributed by atoms with E-state index >= 15 is 0 Å². The standard InChI is InChI=1S/C20H17F3N4O/c1-12-4-3-5-16(13(12)2)26-18(28)17-10-11-24-19(27-17)25-15-8-6-14(7-9-15)20(21,22)23/h3-11H,1-2H3,(H,26,28)(H,24,25,27). The number of carbonyl (C=O) groups is 1. The van der Waals surface area contributed by atoms with Gasteiger partial charge in [0, 0.05) is 17.6 Å². The average Bonchev–Trinajstić information content (AvgIpc) is 2.65. The second-order valence-corrected chi connectivity index (χ2v) is 6.17. The van der Waals surface area contributed by atoms with Gasteiger partial charge in [-0.3, -0.25) is 4.79 Å². The van der Waals surface area contributed by atoms with Gasteiger partial charge in [0.15, 0.2) is 0 Å². The van der Waals surface area contributed by atoms with Gasteiger partial charge in [0.05, 0.1) is 5.56 Å². The summed E-state index contributed by atoms with van der Waals surface area (Å²) in [5, 5.41) is 5.59. The molecule has 28 heavy (non-hydrogen) atoms. The number of nitrogens with zero attached hydrogens (tertiary/aromatic N) is 2. The number of aryl methyl sites for hydroxylation is 1. The predicted molar refractivity (Wildman–Crippen MR) is 101 cm³/mol. The van der Waals surface area contributed by atoms with E-state index in [1.54, 1.807) is 6.07 Å². The molecule has 0 aliphatic heterocycles. The second kappa shape index (κ2) is 7.67. The lowest BCUT2D eigenvalue weighted by molar-refractivity contribution is -0.137. The van der Waals surface area contributed by atoms with E-state index in [-0.39, 0.29) is 11.6 Å². The lowest BCUT2D eigenvalue weighted by Gasteiger charge is -2.11. The number of aromatic nitrogens is 2. The molecule has 1 heterocycles. The summed E-state index contributed by atoms with van der Waals surface area (Å²) in [6, 6.07) is 11.5. The highest BCUT2D eigenvalue weighted by molar-refractivity contribution is 6.03. The van der Waals surface area contributed by atoms with Gasteiger partial charge in [-0.1, -0.05) is 12.1 Å². The smallest absolute Gasteiger partial charge is 0.324 e. The second-order valence-electron chi connectivity index (χ2n) is 6.17. The fourth-order valence-corrected chi connectivity index (χ4v) is 2.49. The van der Waals surface area contributed by atoms with Gasteiger partial charge in [0.1, 0.15) is 5.69 Å². The van der Waals surface area contributed by atoms with Crippen LogP contribution in [0, 0.1) is 13.8 Å². The Hall–Kier alpha value is -3.42. The zero-order valence-corrected chi connectivity index (χ0v) is 15.1. The topological polar surface area (TPSA) is 66.9 Å². The SMILES string of the molecule is Cc1cccc(NC(=O)c2ccnc(Nc3ccc(C(F)(F)F)cc3)n2)c1C. The molecule has 2 aromatic carbocycles. The molecule has 144 valence electrons. The van der Waals surface area contributed by atoms with Crippen molar-refractivity contribution >= 4 is 23.2 Å². The lowest BCUT2D eigenvalue weighted by Crippen LogP contribution is -2.15. The molecule has 0 saturated carbocycles. The van der Waals surface area contributed by atoms with Crippen LogP contribution < -0.4 is 10.6 Å². The summed E-state index contributed by atoms with van der Waals surface area (Å²) in [5.41, 5.74) is 2.44. The molecule has 2 N–H and O–H groups in total. The first-order valence-electron chi connectivity index (χ1n) is 8.39. The number of halogens is 3. The van der Waals surface area contributed by atoms with Gasteiger partial charge in [0.2, 0.25) is 5.95 Å². The van der Waals surface area contributed by atoms with E-state index in [4.69, 9.17) is 0 Å². The lowest BCUT2D eigenvalue weighted by atomic mass is 10.1. The highest BCUT2D eigenvalue weighted by Gasteiger charge is 2.29. The van der Waals surface area contributed by atoms with Crippen molar-refractivity contribution in [2.75, 3.05) is 10.6 Å². The minimum atomic E-state index is -4.40. The fourth-order valence-electron chi connectivity index (χ4n) is 2.49. The van der Waals surface area contributed by atoms with Crippen molar-refractivity contribution in [3.05, 3.63) is 77.1 Å². The van der Waals surface area contributed by atoms with Crippen molar-refractivity contribution < 1.29 is 18.0 Å². The molecule has 0 fully saturated rings. The predicted octanol–water partition coefficient (Wildman–Crippen LogP) is 5.11. The first-order chi connectivity index (χ1) is 13.2.